The normalized spacial score (nSPS) is 11.1. The number of fused-ring (bicyclic) bond motifs is 1. The number of halogens is 1. The van der Waals surface area contributed by atoms with Crippen LogP contribution in [-0.4, -0.2) is 19.6 Å². The molecule has 5 nitrogen and oxygen atoms in total. The summed E-state index contributed by atoms with van der Waals surface area (Å²) in [5.74, 6) is -0.142. The van der Waals surface area contributed by atoms with Crippen molar-refractivity contribution in [3.8, 4) is 5.88 Å². The fourth-order valence-corrected chi connectivity index (χ4v) is 2.45. The molecule has 0 aliphatic carbocycles. The fraction of sp³-hybridized carbons (Fsp3) is 0.0714. The molecule has 2 heterocycles. The predicted octanol–water partition coefficient (Wildman–Crippen LogP) is 2.62. The molecule has 102 valence electrons. The molecule has 0 unspecified atom stereocenters. The summed E-state index contributed by atoms with van der Waals surface area (Å²) in [4.78, 5) is 17.2. The van der Waals surface area contributed by atoms with E-state index in [4.69, 9.17) is 11.6 Å². The number of benzene rings is 1. The molecule has 0 atom stereocenters. The van der Waals surface area contributed by atoms with Crippen molar-refractivity contribution in [2.24, 2.45) is 7.05 Å². The van der Waals surface area contributed by atoms with Crippen molar-refractivity contribution in [1.82, 2.24) is 14.5 Å². The first-order chi connectivity index (χ1) is 9.50. The Kier molecular flexibility index (Phi) is 2.72. The van der Waals surface area contributed by atoms with Crippen LogP contribution in [0.25, 0.3) is 16.5 Å². The van der Waals surface area contributed by atoms with E-state index in [2.05, 4.69) is 16.5 Å². The molecule has 0 bridgehead atoms. The molecule has 1 aromatic carbocycles. The van der Waals surface area contributed by atoms with Crippen molar-refractivity contribution >= 4 is 28.1 Å². The van der Waals surface area contributed by atoms with E-state index in [-0.39, 0.29) is 5.88 Å². The molecule has 0 aliphatic heterocycles. The van der Waals surface area contributed by atoms with Crippen molar-refractivity contribution in [3.05, 3.63) is 57.7 Å². The van der Waals surface area contributed by atoms with E-state index in [1.54, 1.807) is 12.3 Å². The maximum Gasteiger partial charge on any atom is 0.328 e. The second-order valence-electron chi connectivity index (χ2n) is 4.53. The molecule has 0 fully saturated rings. The van der Waals surface area contributed by atoms with Crippen LogP contribution in [0, 0.1) is 0 Å². The molecule has 0 saturated carbocycles. The third-order valence-corrected chi connectivity index (χ3v) is 3.68. The molecule has 3 N–H and O–H groups in total. The highest BCUT2D eigenvalue weighted by atomic mass is 35.5. The minimum Gasteiger partial charge on any atom is -0.493 e. The van der Waals surface area contributed by atoms with Gasteiger partial charge in [0.25, 0.3) is 0 Å². The summed E-state index contributed by atoms with van der Waals surface area (Å²) in [6, 6.07) is 5.52. The summed E-state index contributed by atoms with van der Waals surface area (Å²) in [5.41, 5.74) is 2.01. The molecule has 3 aromatic rings. The summed E-state index contributed by atoms with van der Waals surface area (Å²) >= 11 is 6.11. The lowest BCUT2D eigenvalue weighted by Gasteiger charge is -2.03. The van der Waals surface area contributed by atoms with Crippen molar-refractivity contribution in [2.45, 2.75) is 0 Å². The minimum absolute atomic E-state index is 0.142. The lowest BCUT2D eigenvalue weighted by molar-refractivity contribution is 0.428. The van der Waals surface area contributed by atoms with Crippen LogP contribution in [0.5, 0.6) is 5.88 Å². The van der Waals surface area contributed by atoms with Crippen LogP contribution in [0.1, 0.15) is 11.3 Å². The van der Waals surface area contributed by atoms with Gasteiger partial charge >= 0.3 is 5.69 Å². The second kappa shape index (κ2) is 4.31. The summed E-state index contributed by atoms with van der Waals surface area (Å²) in [5, 5.41) is 11.4. The van der Waals surface area contributed by atoms with E-state index < -0.39 is 5.69 Å². The number of H-pyrrole nitrogens is 2. The molecule has 0 radical (unpaired) electrons. The average Bonchev–Trinajstić information content (AvgIpc) is 2.96. The molecule has 2 aromatic heterocycles. The SMILES string of the molecule is C=C(c1[nH]c(=O)n(C)c1O)c1c[nH]c2c(Cl)cccc12. The Hall–Kier alpha value is -2.40. The number of hydrogen-bond acceptors (Lipinski definition) is 2. The summed E-state index contributed by atoms with van der Waals surface area (Å²) in [7, 11) is 1.48. The van der Waals surface area contributed by atoms with Crippen LogP contribution in [0.15, 0.2) is 35.8 Å². The number of hydrogen-bond donors (Lipinski definition) is 3. The summed E-state index contributed by atoms with van der Waals surface area (Å²) in [6.45, 7) is 3.96. The zero-order chi connectivity index (χ0) is 14.4. The molecule has 6 heteroatoms. The first kappa shape index (κ1) is 12.6. The molecule has 0 saturated heterocycles. The third-order valence-electron chi connectivity index (χ3n) is 3.37. The third kappa shape index (κ3) is 1.67. The molecule has 0 amide bonds. The Labute approximate surface area is 119 Å². The molecule has 3 rings (SSSR count). The van der Waals surface area contributed by atoms with Crippen molar-refractivity contribution < 1.29 is 5.11 Å². The lowest BCUT2D eigenvalue weighted by Crippen LogP contribution is -2.11. The van der Waals surface area contributed by atoms with E-state index in [1.807, 2.05) is 12.1 Å². The van der Waals surface area contributed by atoms with E-state index >= 15 is 0 Å². The number of nitrogens with zero attached hydrogens (tertiary/aromatic N) is 1. The van der Waals surface area contributed by atoms with Crippen LogP contribution in [0.3, 0.4) is 0 Å². The fourth-order valence-electron chi connectivity index (χ4n) is 2.22. The molecule has 0 aliphatic rings. The largest absolute Gasteiger partial charge is 0.493 e. The Morgan fingerprint density at radius 2 is 2.20 bits per heavy atom. The number of imidazole rings is 1. The van der Waals surface area contributed by atoms with Gasteiger partial charge in [-0.1, -0.05) is 30.3 Å². The highest BCUT2D eigenvalue weighted by molar-refractivity contribution is 6.35. The highest BCUT2D eigenvalue weighted by Gasteiger charge is 2.17. The van der Waals surface area contributed by atoms with Crippen LogP contribution >= 0.6 is 11.6 Å². The van der Waals surface area contributed by atoms with Gasteiger partial charge in [-0.05, 0) is 6.07 Å². The maximum atomic E-state index is 11.5. The van der Waals surface area contributed by atoms with Gasteiger partial charge in [0, 0.05) is 29.8 Å². The first-order valence-corrected chi connectivity index (χ1v) is 6.31. The first-order valence-electron chi connectivity index (χ1n) is 5.94. The molecule has 20 heavy (non-hydrogen) atoms. The zero-order valence-electron chi connectivity index (χ0n) is 10.7. The average molecular weight is 290 g/mol. The molecule has 0 spiro atoms. The smallest absolute Gasteiger partial charge is 0.328 e. The topological polar surface area (TPSA) is 73.8 Å². The Morgan fingerprint density at radius 3 is 2.85 bits per heavy atom. The summed E-state index contributed by atoms with van der Waals surface area (Å²) in [6.07, 6.45) is 1.75. The molecular weight excluding hydrogens is 278 g/mol. The number of rotatable bonds is 2. The monoisotopic (exact) mass is 289 g/mol. The van der Waals surface area contributed by atoms with Crippen molar-refractivity contribution in [3.63, 3.8) is 0 Å². The summed E-state index contributed by atoms with van der Waals surface area (Å²) < 4.78 is 1.13. The van der Waals surface area contributed by atoms with E-state index in [0.29, 0.717) is 16.3 Å². The van der Waals surface area contributed by atoms with Gasteiger partial charge in [-0.25, -0.2) is 4.79 Å². The van der Waals surface area contributed by atoms with E-state index in [9.17, 15) is 9.90 Å². The van der Waals surface area contributed by atoms with Gasteiger partial charge in [-0.2, -0.15) is 0 Å². The Bertz CT molecular complexity index is 886. The van der Waals surface area contributed by atoms with Crippen LogP contribution in [0.2, 0.25) is 5.02 Å². The lowest BCUT2D eigenvalue weighted by atomic mass is 10.0. The number of para-hydroxylation sites is 1. The quantitative estimate of drug-likeness (QED) is 0.678. The zero-order valence-corrected chi connectivity index (χ0v) is 11.5. The Balaban J connectivity index is 2.21. The molecular formula is C14H12ClN3O2. The highest BCUT2D eigenvalue weighted by Crippen LogP contribution is 2.33. The van der Waals surface area contributed by atoms with Gasteiger partial charge in [0.2, 0.25) is 5.88 Å². The van der Waals surface area contributed by atoms with Gasteiger partial charge in [-0.15, -0.1) is 0 Å². The van der Waals surface area contributed by atoms with Gasteiger partial charge in [-0.3, -0.25) is 4.57 Å². The number of aromatic nitrogens is 3. The van der Waals surface area contributed by atoms with Crippen LogP contribution in [0.4, 0.5) is 0 Å². The number of aromatic hydroxyl groups is 1. The van der Waals surface area contributed by atoms with Gasteiger partial charge in [0.1, 0.15) is 5.69 Å². The maximum absolute atomic E-state index is 11.5. The van der Waals surface area contributed by atoms with Crippen molar-refractivity contribution in [2.75, 3.05) is 0 Å². The van der Waals surface area contributed by atoms with Crippen LogP contribution < -0.4 is 5.69 Å². The number of nitrogens with one attached hydrogen (secondary N) is 2. The number of aromatic amines is 2. The van der Waals surface area contributed by atoms with Crippen molar-refractivity contribution in [1.29, 1.82) is 0 Å². The van der Waals surface area contributed by atoms with E-state index in [0.717, 1.165) is 21.0 Å². The van der Waals surface area contributed by atoms with Crippen LogP contribution in [-0.2, 0) is 7.05 Å². The van der Waals surface area contributed by atoms with E-state index in [1.165, 1.54) is 7.05 Å². The standard InChI is InChI=1S/C14H12ClN3O2/c1-7(11-13(19)18(2)14(20)17-11)9-6-16-12-8(9)4-3-5-10(12)15/h3-6,16,19H,1H2,2H3,(H,17,20). The predicted molar refractivity (Wildman–Crippen MR) is 79.1 cm³/mol. The Morgan fingerprint density at radius 1 is 1.45 bits per heavy atom. The second-order valence-corrected chi connectivity index (χ2v) is 4.94. The van der Waals surface area contributed by atoms with Gasteiger partial charge in [0.15, 0.2) is 0 Å². The minimum atomic E-state index is -0.392. The van der Waals surface area contributed by atoms with Gasteiger partial charge in [0.05, 0.1) is 10.5 Å². The van der Waals surface area contributed by atoms with Gasteiger partial charge < -0.3 is 15.1 Å².